The second kappa shape index (κ2) is 6.87. The number of aliphatic carboxylic acids is 2. The van der Waals surface area contributed by atoms with Crippen molar-refractivity contribution in [3.05, 3.63) is 0 Å². The van der Waals surface area contributed by atoms with Gasteiger partial charge in [-0.15, -0.1) is 12.4 Å². The summed E-state index contributed by atoms with van der Waals surface area (Å²) in [5.41, 5.74) is 0. The lowest BCUT2D eigenvalue weighted by Gasteiger charge is -2.07. The van der Waals surface area contributed by atoms with Crippen molar-refractivity contribution in [2.75, 3.05) is 7.05 Å². The third-order valence-corrected chi connectivity index (χ3v) is 1.29. The summed E-state index contributed by atoms with van der Waals surface area (Å²) in [6, 6.07) is -0.758. The van der Waals surface area contributed by atoms with E-state index in [0.29, 0.717) is 0 Å². The Morgan fingerprint density at radius 2 is 1.92 bits per heavy atom. The zero-order chi connectivity index (χ0) is 8.85. The van der Waals surface area contributed by atoms with E-state index in [-0.39, 0.29) is 25.2 Å². The Balaban J connectivity index is 0. The largest absolute Gasteiger partial charge is 0.481 e. The predicted octanol–water partition coefficient (Wildman–Crippen LogP) is -0.0544. The van der Waals surface area contributed by atoms with Gasteiger partial charge in [-0.1, -0.05) is 0 Å². The lowest BCUT2D eigenvalue weighted by molar-refractivity contribution is -0.140. The standard InChI is InChI=1S/C6H11NO4.ClH/c1-7-4(6(10)11)2-3-5(8)9;/h4,7H,2-3H2,1H3,(H,8,9)(H,10,11);1H. The van der Waals surface area contributed by atoms with Crippen LogP contribution in [0.3, 0.4) is 0 Å². The highest BCUT2D eigenvalue weighted by atomic mass is 35.5. The van der Waals surface area contributed by atoms with Crippen molar-refractivity contribution < 1.29 is 19.8 Å². The maximum atomic E-state index is 10.3. The molecule has 0 aliphatic carbocycles. The van der Waals surface area contributed by atoms with Crippen molar-refractivity contribution in [2.45, 2.75) is 18.9 Å². The molecule has 0 amide bonds. The normalized spacial score (nSPS) is 11.4. The Morgan fingerprint density at radius 1 is 1.42 bits per heavy atom. The van der Waals surface area contributed by atoms with Gasteiger partial charge in [-0.2, -0.15) is 0 Å². The summed E-state index contributed by atoms with van der Waals surface area (Å²) in [6.07, 6.45) is -0.0149. The number of likely N-dealkylation sites (N-methyl/N-ethyl adjacent to an activating group) is 1. The number of carbonyl (C=O) groups is 2. The van der Waals surface area contributed by atoms with Crippen LogP contribution >= 0.6 is 12.4 Å². The minimum atomic E-state index is -1.02. The molecule has 72 valence electrons. The number of hydrogen-bond donors (Lipinski definition) is 3. The number of carboxylic acids is 2. The average Bonchev–Trinajstić information content (AvgIpc) is 1.87. The lowest BCUT2D eigenvalue weighted by Crippen LogP contribution is -2.34. The van der Waals surface area contributed by atoms with Gasteiger partial charge in [-0.3, -0.25) is 9.59 Å². The van der Waals surface area contributed by atoms with E-state index in [1.165, 1.54) is 7.05 Å². The number of hydrogen-bond acceptors (Lipinski definition) is 3. The molecule has 0 aliphatic heterocycles. The van der Waals surface area contributed by atoms with Crippen molar-refractivity contribution in [3.8, 4) is 0 Å². The van der Waals surface area contributed by atoms with Gasteiger partial charge in [0.2, 0.25) is 0 Å². The Labute approximate surface area is 76.2 Å². The van der Waals surface area contributed by atoms with Crippen molar-refractivity contribution >= 4 is 24.3 Å². The summed E-state index contributed by atoms with van der Waals surface area (Å²) in [7, 11) is 1.49. The fourth-order valence-electron chi connectivity index (χ4n) is 0.659. The first-order chi connectivity index (χ1) is 5.07. The molecule has 1 atom stereocenters. The van der Waals surface area contributed by atoms with Crippen LogP contribution in [0.5, 0.6) is 0 Å². The smallest absolute Gasteiger partial charge is 0.320 e. The second-order valence-electron chi connectivity index (χ2n) is 2.11. The van der Waals surface area contributed by atoms with Gasteiger partial charge < -0.3 is 15.5 Å². The molecule has 0 fully saturated rings. The van der Waals surface area contributed by atoms with Crippen LogP contribution in [-0.4, -0.2) is 35.2 Å². The van der Waals surface area contributed by atoms with Crippen molar-refractivity contribution in [3.63, 3.8) is 0 Å². The van der Waals surface area contributed by atoms with E-state index in [1.807, 2.05) is 0 Å². The summed E-state index contributed by atoms with van der Waals surface area (Å²) in [6.45, 7) is 0. The molecular weight excluding hydrogens is 186 g/mol. The van der Waals surface area contributed by atoms with E-state index in [2.05, 4.69) is 5.32 Å². The maximum absolute atomic E-state index is 10.3. The van der Waals surface area contributed by atoms with Gasteiger partial charge >= 0.3 is 11.9 Å². The summed E-state index contributed by atoms with van der Waals surface area (Å²) >= 11 is 0. The van der Waals surface area contributed by atoms with Crippen LogP contribution in [0.25, 0.3) is 0 Å². The summed E-state index contributed by atoms with van der Waals surface area (Å²) in [4.78, 5) is 20.3. The quantitative estimate of drug-likeness (QED) is 0.575. The molecule has 6 heteroatoms. The van der Waals surface area contributed by atoms with E-state index in [0.717, 1.165) is 0 Å². The van der Waals surface area contributed by atoms with Crippen LogP contribution in [-0.2, 0) is 9.59 Å². The van der Waals surface area contributed by atoms with Crippen LogP contribution in [0.4, 0.5) is 0 Å². The summed E-state index contributed by atoms with van der Waals surface area (Å²) in [5.74, 6) is -2.00. The molecule has 0 spiro atoms. The predicted molar refractivity (Wildman–Crippen MR) is 44.6 cm³/mol. The molecule has 1 unspecified atom stereocenters. The molecule has 0 heterocycles. The van der Waals surface area contributed by atoms with Gasteiger partial charge in [0, 0.05) is 6.42 Å². The number of nitrogens with one attached hydrogen (secondary N) is 1. The molecule has 12 heavy (non-hydrogen) atoms. The molecule has 0 aromatic rings. The molecule has 3 N–H and O–H groups in total. The molecule has 0 saturated carbocycles. The highest BCUT2D eigenvalue weighted by molar-refractivity contribution is 5.85. The first kappa shape index (κ1) is 13.8. The minimum absolute atomic E-state index is 0. The third-order valence-electron chi connectivity index (χ3n) is 1.29. The molecule has 0 bridgehead atoms. The minimum Gasteiger partial charge on any atom is -0.481 e. The molecule has 0 rings (SSSR count). The fourth-order valence-corrected chi connectivity index (χ4v) is 0.659. The zero-order valence-corrected chi connectivity index (χ0v) is 7.43. The molecule has 0 saturated heterocycles. The Bertz CT molecular complexity index is 162. The van der Waals surface area contributed by atoms with Gasteiger partial charge in [-0.25, -0.2) is 0 Å². The van der Waals surface area contributed by atoms with E-state index in [9.17, 15) is 9.59 Å². The van der Waals surface area contributed by atoms with Crippen molar-refractivity contribution in [1.82, 2.24) is 5.32 Å². The second-order valence-corrected chi connectivity index (χ2v) is 2.11. The third kappa shape index (κ3) is 5.94. The average molecular weight is 198 g/mol. The van der Waals surface area contributed by atoms with Gasteiger partial charge in [-0.05, 0) is 13.5 Å². The molecule has 0 aliphatic rings. The van der Waals surface area contributed by atoms with E-state index in [1.54, 1.807) is 0 Å². The topological polar surface area (TPSA) is 86.6 Å². The van der Waals surface area contributed by atoms with Gasteiger partial charge in [0.25, 0.3) is 0 Å². The molecule has 5 nitrogen and oxygen atoms in total. The molecule has 0 radical (unpaired) electrons. The number of rotatable bonds is 5. The van der Waals surface area contributed by atoms with E-state index in [4.69, 9.17) is 10.2 Å². The summed E-state index contributed by atoms with van der Waals surface area (Å²) < 4.78 is 0. The van der Waals surface area contributed by atoms with Gasteiger partial charge in [0.1, 0.15) is 6.04 Å². The van der Waals surface area contributed by atoms with E-state index < -0.39 is 18.0 Å². The van der Waals surface area contributed by atoms with Crippen molar-refractivity contribution in [2.24, 2.45) is 0 Å². The first-order valence-corrected chi connectivity index (χ1v) is 3.19. The monoisotopic (exact) mass is 197 g/mol. The Hall–Kier alpha value is -0.810. The number of halogens is 1. The highest BCUT2D eigenvalue weighted by Crippen LogP contribution is 1.96. The Kier molecular flexibility index (Phi) is 7.88. The molecular formula is C6H12ClNO4. The van der Waals surface area contributed by atoms with E-state index >= 15 is 0 Å². The van der Waals surface area contributed by atoms with Crippen LogP contribution in [0.1, 0.15) is 12.8 Å². The van der Waals surface area contributed by atoms with Crippen LogP contribution in [0, 0.1) is 0 Å². The highest BCUT2D eigenvalue weighted by Gasteiger charge is 2.15. The fraction of sp³-hybridized carbons (Fsp3) is 0.667. The van der Waals surface area contributed by atoms with Crippen LogP contribution in [0.2, 0.25) is 0 Å². The summed E-state index contributed by atoms with van der Waals surface area (Å²) in [5, 5.41) is 19.1. The van der Waals surface area contributed by atoms with Gasteiger partial charge in [0.05, 0.1) is 0 Å². The van der Waals surface area contributed by atoms with Crippen molar-refractivity contribution in [1.29, 1.82) is 0 Å². The number of carboxylic acid groups (broad SMARTS) is 2. The first-order valence-electron chi connectivity index (χ1n) is 3.19. The van der Waals surface area contributed by atoms with Crippen LogP contribution < -0.4 is 5.32 Å². The Morgan fingerprint density at radius 3 is 2.17 bits per heavy atom. The molecule has 0 aromatic carbocycles. The SMILES string of the molecule is CNC(CCC(=O)O)C(=O)O.Cl. The zero-order valence-electron chi connectivity index (χ0n) is 6.61. The van der Waals surface area contributed by atoms with Gasteiger partial charge in [0.15, 0.2) is 0 Å². The maximum Gasteiger partial charge on any atom is 0.320 e. The lowest BCUT2D eigenvalue weighted by atomic mass is 10.1. The van der Waals surface area contributed by atoms with Crippen LogP contribution in [0.15, 0.2) is 0 Å². The molecule has 0 aromatic heterocycles.